The number of rotatable bonds is 4. The maximum Gasteiger partial charge on any atom is 0.418 e. The summed E-state index contributed by atoms with van der Waals surface area (Å²) >= 11 is 8.70. The zero-order valence-electron chi connectivity index (χ0n) is 15.0. The van der Waals surface area contributed by atoms with Crippen LogP contribution < -0.4 is 0 Å². The molecule has 3 rings (SSSR count). The minimum absolute atomic E-state index is 0.232. The van der Waals surface area contributed by atoms with Crippen LogP contribution in [0.4, 0.5) is 26.3 Å². The molecule has 0 saturated carbocycles. The molecule has 31 heavy (non-hydrogen) atoms. The number of fused-ring (bicyclic) bond motifs is 1. The van der Waals surface area contributed by atoms with Crippen molar-refractivity contribution in [3.63, 3.8) is 0 Å². The number of Topliss-reactive ketones (excluding diaryl/α,β-unsaturated/α-hetero) is 1. The molecule has 0 fully saturated rings. The molecule has 0 saturated heterocycles. The number of halogens is 8. The SMILES string of the molecule is O=C(c1cccc(C(F)(F)F)c1)c1cc(C(=O)CBr)c2cc(Cl)cc(C(F)(F)F)c2n1. The van der Waals surface area contributed by atoms with Crippen molar-refractivity contribution in [1.82, 2.24) is 4.98 Å². The molecule has 0 radical (unpaired) electrons. The first kappa shape index (κ1) is 23.2. The highest BCUT2D eigenvalue weighted by molar-refractivity contribution is 9.09. The van der Waals surface area contributed by atoms with Crippen molar-refractivity contribution in [2.24, 2.45) is 0 Å². The Bertz CT molecular complexity index is 1210. The molecule has 1 aromatic heterocycles. The monoisotopic (exact) mass is 523 g/mol. The summed E-state index contributed by atoms with van der Waals surface area (Å²) in [7, 11) is 0. The van der Waals surface area contributed by atoms with Crippen molar-refractivity contribution in [1.29, 1.82) is 0 Å². The maximum absolute atomic E-state index is 13.5. The molecule has 0 spiro atoms. The summed E-state index contributed by atoms with van der Waals surface area (Å²) < 4.78 is 79.5. The second kappa shape index (κ2) is 8.23. The predicted octanol–water partition coefficient (Wildman–Crippen LogP) is 6.73. The number of ketones is 2. The summed E-state index contributed by atoms with van der Waals surface area (Å²) in [5, 5.41) is -0.816. The molecule has 3 aromatic rings. The Morgan fingerprint density at radius 3 is 2.23 bits per heavy atom. The maximum atomic E-state index is 13.5. The van der Waals surface area contributed by atoms with E-state index in [2.05, 4.69) is 20.9 Å². The van der Waals surface area contributed by atoms with Gasteiger partial charge in [0, 0.05) is 21.5 Å². The van der Waals surface area contributed by atoms with E-state index in [9.17, 15) is 35.9 Å². The highest BCUT2D eigenvalue weighted by Crippen LogP contribution is 2.38. The van der Waals surface area contributed by atoms with E-state index < -0.39 is 51.8 Å². The van der Waals surface area contributed by atoms with Crippen molar-refractivity contribution in [3.8, 4) is 0 Å². The van der Waals surface area contributed by atoms with Gasteiger partial charge in [-0.25, -0.2) is 4.98 Å². The Morgan fingerprint density at radius 1 is 0.968 bits per heavy atom. The summed E-state index contributed by atoms with van der Waals surface area (Å²) in [5.41, 5.74) is -4.43. The lowest BCUT2D eigenvalue weighted by molar-refractivity contribution is -0.138. The molecule has 2 aromatic carbocycles. The summed E-state index contributed by atoms with van der Waals surface area (Å²) in [6.07, 6.45) is -9.65. The number of aromatic nitrogens is 1. The average molecular weight is 525 g/mol. The van der Waals surface area contributed by atoms with Gasteiger partial charge < -0.3 is 0 Å². The number of alkyl halides is 7. The molecule has 0 N–H and O–H groups in total. The molecule has 162 valence electrons. The summed E-state index contributed by atoms with van der Waals surface area (Å²) in [6.45, 7) is 0. The van der Waals surface area contributed by atoms with Crippen LogP contribution in [-0.2, 0) is 12.4 Å². The highest BCUT2D eigenvalue weighted by Gasteiger charge is 2.35. The van der Waals surface area contributed by atoms with Crippen LogP contribution in [-0.4, -0.2) is 21.9 Å². The molecule has 0 unspecified atom stereocenters. The molecule has 0 aliphatic carbocycles. The minimum atomic E-state index is -4.91. The zero-order chi connectivity index (χ0) is 23.1. The van der Waals surface area contributed by atoms with Gasteiger partial charge in [0.1, 0.15) is 5.69 Å². The van der Waals surface area contributed by atoms with Crippen molar-refractivity contribution < 1.29 is 35.9 Å². The van der Waals surface area contributed by atoms with E-state index in [-0.39, 0.29) is 21.3 Å². The fourth-order valence-corrected chi connectivity index (χ4v) is 3.43. The number of carbonyl (C=O) groups is 2. The van der Waals surface area contributed by atoms with E-state index in [1.807, 2.05) is 0 Å². The van der Waals surface area contributed by atoms with E-state index in [1.165, 1.54) is 0 Å². The van der Waals surface area contributed by atoms with Crippen LogP contribution in [0.3, 0.4) is 0 Å². The van der Waals surface area contributed by atoms with Crippen LogP contribution >= 0.6 is 27.5 Å². The number of pyridine rings is 1. The van der Waals surface area contributed by atoms with Gasteiger partial charge in [0.2, 0.25) is 5.78 Å². The van der Waals surface area contributed by atoms with Gasteiger partial charge in [0.05, 0.1) is 22.0 Å². The van der Waals surface area contributed by atoms with Gasteiger partial charge in [0.25, 0.3) is 0 Å². The van der Waals surface area contributed by atoms with Crippen molar-refractivity contribution in [2.45, 2.75) is 12.4 Å². The fraction of sp³-hybridized carbons (Fsp3) is 0.150. The third-order valence-electron chi connectivity index (χ3n) is 4.29. The van der Waals surface area contributed by atoms with Crippen molar-refractivity contribution in [3.05, 3.63) is 75.4 Å². The first-order valence-corrected chi connectivity index (χ1v) is 9.85. The first-order chi connectivity index (χ1) is 14.3. The van der Waals surface area contributed by atoms with E-state index in [0.717, 1.165) is 30.3 Å². The van der Waals surface area contributed by atoms with E-state index >= 15 is 0 Å². The lowest BCUT2D eigenvalue weighted by Crippen LogP contribution is -2.14. The van der Waals surface area contributed by atoms with Crippen LogP contribution in [0.1, 0.15) is 37.5 Å². The van der Waals surface area contributed by atoms with Crippen LogP contribution in [0.15, 0.2) is 42.5 Å². The third kappa shape index (κ3) is 4.74. The quantitative estimate of drug-likeness (QED) is 0.216. The average Bonchev–Trinajstić information content (AvgIpc) is 2.70. The summed E-state index contributed by atoms with van der Waals surface area (Å²) in [5.74, 6) is -1.74. The molecule has 1 heterocycles. The molecule has 11 heteroatoms. The Kier molecular flexibility index (Phi) is 6.16. The predicted molar refractivity (Wildman–Crippen MR) is 105 cm³/mol. The zero-order valence-corrected chi connectivity index (χ0v) is 17.4. The van der Waals surface area contributed by atoms with Crippen molar-refractivity contribution in [2.75, 3.05) is 5.33 Å². The van der Waals surface area contributed by atoms with Crippen LogP contribution in [0.25, 0.3) is 10.9 Å². The fourth-order valence-electron chi connectivity index (χ4n) is 2.91. The molecule has 0 aliphatic heterocycles. The minimum Gasteiger partial charge on any atom is -0.293 e. The van der Waals surface area contributed by atoms with Gasteiger partial charge >= 0.3 is 12.4 Å². The molecule has 0 amide bonds. The van der Waals surface area contributed by atoms with E-state index in [1.54, 1.807) is 0 Å². The van der Waals surface area contributed by atoms with Gasteiger partial charge in [-0.3, -0.25) is 9.59 Å². The standard InChI is InChI=1S/C20H9BrClF6NO2/c21-8-16(30)12-7-15(18(31)9-2-1-3-10(4-9)19(23,24)25)29-17-13(12)5-11(22)6-14(17)20(26,27)28/h1-7H,8H2. The number of carbonyl (C=O) groups excluding carboxylic acids is 2. The number of benzene rings is 2. The Labute approximate surface area is 184 Å². The topological polar surface area (TPSA) is 47.0 Å². The Balaban J connectivity index is 2.30. The largest absolute Gasteiger partial charge is 0.418 e. The molecule has 3 nitrogen and oxygen atoms in total. The van der Waals surface area contributed by atoms with Crippen molar-refractivity contribution >= 4 is 50.0 Å². The van der Waals surface area contributed by atoms with Gasteiger partial charge in [-0.05, 0) is 30.3 Å². The lowest BCUT2D eigenvalue weighted by Gasteiger charge is -2.14. The molecular weight excluding hydrogens is 516 g/mol. The Morgan fingerprint density at radius 2 is 1.65 bits per heavy atom. The third-order valence-corrected chi connectivity index (χ3v) is 5.02. The van der Waals surface area contributed by atoms with E-state index in [0.29, 0.717) is 12.1 Å². The van der Waals surface area contributed by atoms with Gasteiger partial charge in [0.15, 0.2) is 5.78 Å². The van der Waals surface area contributed by atoms with Crippen LogP contribution in [0, 0.1) is 0 Å². The highest BCUT2D eigenvalue weighted by atomic mass is 79.9. The number of hydrogen-bond acceptors (Lipinski definition) is 3. The smallest absolute Gasteiger partial charge is 0.293 e. The summed E-state index contributed by atoms with van der Waals surface area (Å²) in [6, 6.07) is 6.02. The number of nitrogens with zero attached hydrogens (tertiary/aromatic N) is 1. The Hall–Kier alpha value is -2.46. The van der Waals surface area contributed by atoms with E-state index in [4.69, 9.17) is 11.6 Å². The second-order valence-electron chi connectivity index (χ2n) is 6.37. The molecular formula is C20H9BrClF6NO2. The normalized spacial score (nSPS) is 12.3. The van der Waals surface area contributed by atoms with Gasteiger partial charge in [-0.2, -0.15) is 26.3 Å². The first-order valence-electron chi connectivity index (χ1n) is 8.35. The molecule has 0 atom stereocenters. The lowest BCUT2D eigenvalue weighted by atomic mass is 9.98. The molecule has 0 bridgehead atoms. The van der Waals surface area contributed by atoms with Gasteiger partial charge in [-0.15, -0.1) is 0 Å². The van der Waals surface area contributed by atoms with Crippen LogP contribution in [0.2, 0.25) is 5.02 Å². The van der Waals surface area contributed by atoms with Crippen LogP contribution in [0.5, 0.6) is 0 Å². The summed E-state index contributed by atoms with van der Waals surface area (Å²) in [4.78, 5) is 28.9. The molecule has 0 aliphatic rings. The number of hydrogen-bond donors (Lipinski definition) is 0. The van der Waals surface area contributed by atoms with Gasteiger partial charge in [-0.1, -0.05) is 39.7 Å². The second-order valence-corrected chi connectivity index (χ2v) is 7.36.